The summed E-state index contributed by atoms with van der Waals surface area (Å²) in [5, 5.41) is 12.3. The predicted octanol–water partition coefficient (Wildman–Crippen LogP) is 1.28. The summed E-state index contributed by atoms with van der Waals surface area (Å²) in [4.78, 5) is 38.8. The molecule has 1 fully saturated rings. The van der Waals surface area contributed by atoms with Crippen molar-refractivity contribution < 1.29 is 19.5 Å². The molecular formula is C15H27N3O4. The summed E-state index contributed by atoms with van der Waals surface area (Å²) in [5.74, 6) is -0.542. The Morgan fingerprint density at radius 3 is 2.32 bits per heavy atom. The molecule has 0 aromatic rings. The number of amides is 3. The zero-order valence-corrected chi connectivity index (χ0v) is 14.3. The summed E-state index contributed by atoms with van der Waals surface area (Å²) in [7, 11) is 0. The standard InChI is InChI=1S/C15H27N3O4/c1-7-10(18(13(21)22)14(2,3)4)12(20)17-8-11(19)16-15(5,6)9-17/h10H,7-9H2,1-6H3,(H,16,19)(H,21,22). The topological polar surface area (TPSA) is 90.0 Å². The van der Waals surface area contributed by atoms with Gasteiger partial charge in [0.25, 0.3) is 0 Å². The van der Waals surface area contributed by atoms with Crippen LogP contribution >= 0.6 is 0 Å². The van der Waals surface area contributed by atoms with Crippen molar-refractivity contribution in [2.24, 2.45) is 0 Å². The Balaban J connectivity index is 3.06. The zero-order valence-electron chi connectivity index (χ0n) is 14.3. The number of hydrogen-bond acceptors (Lipinski definition) is 3. The van der Waals surface area contributed by atoms with E-state index < -0.39 is 23.2 Å². The predicted molar refractivity (Wildman–Crippen MR) is 82.5 cm³/mol. The summed E-state index contributed by atoms with van der Waals surface area (Å²) in [5.41, 5.74) is -1.21. The SMILES string of the molecule is CCC(C(=O)N1CC(=O)NC(C)(C)C1)N(C(=O)O)C(C)(C)C. The van der Waals surface area contributed by atoms with Crippen LogP contribution in [0.2, 0.25) is 0 Å². The molecule has 3 amide bonds. The quantitative estimate of drug-likeness (QED) is 0.821. The van der Waals surface area contributed by atoms with Gasteiger partial charge in [0.15, 0.2) is 0 Å². The lowest BCUT2D eigenvalue weighted by Gasteiger charge is -2.43. The van der Waals surface area contributed by atoms with Gasteiger partial charge in [-0.3, -0.25) is 14.5 Å². The number of nitrogens with one attached hydrogen (secondary N) is 1. The van der Waals surface area contributed by atoms with E-state index in [1.54, 1.807) is 27.7 Å². The van der Waals surface area contributed by atoms with Crippen LogP contribution < -0.4 is 5.32 Å². The molecular weight excluding hydrogens is 286 g/mol. The van der Waals surface area contributed by atoms with E-state index in [9.17, 15) is 19.5 Å². The van der Waals surface area contributed by atoms with Crippen LogP contribution in [0.1, 0.15) is 48.0 Å². The summed E-state index contributed by atoms with van der Waals surface area (Å²) in [6, 6.07) is -0.792. The number of carboxylic acid groups (broad SMARTS) is 1. The average Bonchev–Trinajstić information content (AvgIpc) is 2.30. The highest BCUT2D eigenvalue weighted by molar-refractivity contribution is 5.90. The van der Waals surface area contributed by atoms with Crippen LogP contribution in [-0.4, -0.2) is 63.0 Å². The molecule has 0 saturated carbocycles. The molecule has 0 aliphatic carbocycles. The molecule has 1 unspecified atom stereocenters. The molecule has 0 spiro atoms. The smallest absolute Gasteiger partial charge is 0.408 e. The Morgan fingerprint density at radius 2 is 1.95 bits per heavy atom. The minimum Gasteiger partial charge on any atom is -0.465 e. The fraction of sp³-hybridized carbons (Fsp3) is 0.800. The Kier molecular flexibility index (Phi) is 5.10. The van der Waals surface area contributed by atoms with Gasteiger partial charge in [-0.15, -0.1) is 0 Å². The Bertz CT molecular complexity index is 468. The molecule has 0 radical (unpaired) electrons. The van der Waals surface area contributed by atoms with Gasteiger partial charge >= 0.3 is 6.09 Å². The van der Waals surface area contributed by atoms with E-state index in [4.69, 9.17) is 0 Å². The van der Waals surface area contributed by atoms with Crippen LogP contribution in [0.4, 0.5) is 4.79 Å². The van der Waals surface area contributed by atoms with Gasteiger partial charge in [-0.25, -0.2) is 4.79 Å². The van der Waals surface area contributed by atoms with Gasteiger partial charge in [0.05, 0.1) is 12.1 Å². The molecule has 126 valence electrons. The number of piperazine rings is 1. The van der Waals surface area contributed by atoms with Crippen molar-refractivity contribution in [3.8, 4) is 0 Å². The normalized spacial score (nSPS) is 19.4. The third-order valence-corrected chi connectivity index (χ3v) is 3.62. The minimum absolute atomic E-state index is 0.0314. The lowest BCUT2D eigenvalue weighted by atomic mass is 9.98. The Morgan fingerprint density at radius 1 is 1.41 bits per heavy atom. The highest BCUT2D eigenvalue weighted by Crippen LogP contribution is 2.22. The van der Waals surface area contributed by atoms with Crippen LogP contribution in [0, 0.1) is 0 Å². The largest absolute Gasteiger partial charge is 0.465 e. The summed E-state index contributed by atoms with van der Waals surface area (Å²) >= 11 is 0. The molecule has 7 nitrogen and oxygen atoms in total. The molecule has 7 heteroatoms. The fourth-order valence-corrected chi connectivity index (χ4v) is 2.88. The summed E-state index contributed by atoms with van der Waals surface area (Å²) in [6.45, 7) is 11.0. The second-order valence-electron chi connectivity index (χ2n) is 7.37. The first-order valence-corrected chi connectivity index (χ1v) is 7.51. The van der Waals surface area contributed by atoms with Crippen molar-refractivity contribution >= 4 is 17.9 Å². The van der Waals surface area contributed by atoms with E-state index in [1.165, 1.54) is 9.80 Å². The van der Waals surface area contributed by atoms with E-state index in [1.807, 2.05) is 13.8 Å². The third kappa shape index (κ3) is 4.11. The maximum atomic E-state index is 12.8. The van der Waals surface area contributed by atoms with E-state index in [0.717, 1.165) is 0 Å². The van der Waals surface area contributed by atoms with Gasteiger partial charge in [0.2, 0.25) is 11.8 Å². The van der Waals surface area contributed by atoms with E-state index in [2.05, 4.69) is 5.32 Å². The molecule has 1 rings (SSSR count). The van der Waals surface area contributed by atoms with Gasteiger partial charge < -0.3 is 15.3 Å². The lowest BCUT2D eigenvalue weighted by Crippen LogP contribution is -2.65. The van der Waals surface area contributed by atoms with Crippen molar-refractivity contribution in [2.75, 3.05) is 13.1 Å². The van der Waals surface area contributed by atoms with Gasteiger partial charge in [0, 0.05) is 12.1 Å². The minimum atomic E-state index is -1.13. The molecule has 1 heterocycles. The third-order valence-electron chi connectivity index (χ3n) is 3.62. The number of nitrogens with zero attached hydrogens (tertiary/aromatic N) is 2. The number of carbonyl (C=O) groups is 3. The molecule has 1 aliphatic rings. The molecule has 0 bridgehead atoms. The monoisotopic (exact) mass is 313 g/mol. The first-order valence-electron chi connectivity index (χ1n) is 7.51. The van der Waals surface area contributed by atoms with Crippen LogP contribution in [0.15, 0.2) is 0 Å². The molecule has 1 saturated heterocycles. The van der Waals surface area contributed by atoms with Gasteiger partial charge in [-0.05, 0) is 41.0 Å². The average molecular weight is 313 g/mol. The van der Waals surface area contributed by atoms with Crippen molar-refractivity contribution in [3.63, 3.8) is 0 Å². The Hall–Kier alpha value is -1.79. The molecule has 1 aliphatic heterocycles. The summed E-state index contributed by atoms with van der Waals surface area (Å²) < 4.78 is 0. The van der Waals surface area contributed by atoms with Crippen molar-refractivity contribution in [1.82, 2.24) is 15.1 Å². The molecule has 22 heavy (non-hydrogen) atoms. The van der Waals surface area contributed by atoms with Crippen LogP contribution in [0.3, 0.4) is 0 Å². The number of carbonyl (C=O) groups excluding carboxylic acids is 2. The maximum absolute atomic E-state index is 12.8. The second kappa shape index (κ2) is 6.14. The second-order valence-corrected chi connectivity index (χ2v) is 7.37. The molecule has 0 aromatic heterocycles. The van der Waals surface area contributed by atoms with Gasteiger partial charge in [-0.2, -0.15) is 0 Å². The van der Waals surface area contributed by atoms with Gasteiger partial charge in [0.1, 0.15) is 6.04 Å². The molecule has 0 aromatic carbocycles. The van der Waals surface area contributed by atoms with Crippen LogP contribution in [0.25, 0.3) is 0 Å². The van der Waals surface area contributed by atoms with Crippen LogP contribution in [0.5, 0.6) is 0 Å². The van der Waals surface area contributed by atoms with E-state index >= 15 is 0 Å². The number of rotatable bonds is 3. The fourth-order valence-electron chi connectivity index (χ4n) is 2.88. The van der Waals surface area contributed by atoms with Gasteiger partial charge in [-0.1, -0.05) is 6.92 Å². The summed E-state index contributed by atoms with van der Waals surface area (Å²) in [6.07, 6.45) is -0.769. The van der Waals surface area contributed by atoms with Crippen LogP contribution in [-0.2, 0) is 9.59 Å². The molecule has 1 atom stereocenters. The first kappa shape index (κ1) is 18.3. The van der Waals surface area contributed by atoms with Crippen molar-refractivity contribution in [1.29, 1.82) is 0 Å². The first-order chi connectivity index (χ1) is 9.89. The van der Waals surface area contributed by atoms with E-state index in [0.29, 0.717) is 13.0 Å². The number of hydrogen-bond donors (Lipinski definition) is 2. The zero-order chi connectivity index (χ0) is 17.3. The van der Waals surface area contributed by atoms with Crippen molar-refractivity contribution in [3.05, 3.63) is 0 Å². The van der Waals surface area contributed by atoms with Crippen molar-refractivity contribution in [2.45, 2.75) is 65.1 Å². The Labute approximate surface area is 131 Å². The highest BCUT2D eigenvalue weighted by Gasteiger charge is 2.41. The maximum Gasteiger partial charge on any atom is 0.408 e. The highest BCUT2D eigenvalue weighted by atomic mass is 16.4. The molecule has 2 N–H and O–H groups in total. The van der Waals surface area contributed by atoms with E-state index in [-0.39, 0.29) is 18.4 Å². The lowest BCUT2D eigenvalue weighted by molar-refractivity contribution is -0.146.